The average molecular weight is 288 g/mol. The van der Waals surface area contributed by atoms with Crippen LogP contribution >= 0.6 is 47.2 Å². The lowest BCUT2D eigenvalue weighted by molar-refractivity contribution is 0.740. The SMILES string of the molecule is C=CC[C@H](N)c1c(Cl)cnc(Cl)c1Cl.Cl. The summed E-state index contributed by atoms with van der Waals surface area (Å²) in [5.41, 5.74) is 6.47. The molecule has 0 unspecified atom stereocenters. The van der Waals surface area contributed by atoms with Crippen molar-refractivity contribution in [2.24, 2.45) is 5.73 Å². The van der Waals surface area contributed by atoms with Gasteiger partial charge in [0, 0.05) is 17.8 Å². The highest BCUT2D eigenvalue weighted by molar-refractivity contribution is 6.43. The van der Waals surface area contributed by atoms with Crippen LogP contribution in [-0.2, 0) is 0 Å². The minimum Gasteiger partial charge on any atom is -0.324 e. The summed E-state index contributed by atoms with van der Waals surface area (Å²) >= 11 is 17.6. The number of nitrogens with zero attached hydrogens (tertiary/aromatic N) is 1. The van der Waals surface area contributed by atoms with Crippen molar-refractivity contribution in [3.05, 3.63) is 39.6 Å². The quantitative estimate of drug-likeness (QED) is 0.673. The van der Waals surface area contributed by atoms with Crippen molar-refractivity contribution in [2.45, 2.75) is 12.5 Å². The van der Waals surface area contributed by atoms with Crippen LogP contribution in [0, 0.1) is 0 Å². The predicted molar refractivity (Wildman–Crippen MR) is 68.3 cm³/mol. The van der Waals surface area contributed by atoms with E-state index in [-0.39, 0.29) is 23.6 Å². The molecule has 1 rings (SSSR count). The van der Waals surface area contributed by atoms with E-state index in [4.69, 9.17) is 40.5 Å². The highest BCUT2D eigenvalue weighted by Crippen LogP contribution is 2.34. The van der Waals surface area contributed by atoms with E-state index in [2.05, 4.69) is 11.6 Å². The van der Waals surface area contributed by atoms with Crippen LogP contribution in [0.15, 0.2) is 18.9 Å². The van der Waals surface area contributed by atoms with Crippen LogP contribution in [0.4, 0.5) is 0 Å². The smallest absolute Gasteiger partial charge is 0.148 e. The molecular weight excluding hydrogens is 278 g/mol. The zero-order valence-electron chi connectivity index (χ0n) is 7.71. The van der Waals surface area contributed by atoms with E-state index >= 15 is 0 Å². The Balaban J connectivity index is 0.00000196. The second kappa shape index (κ2) is 6.56. The molecule has 15 heavy (non-hydrogen) atoms. The molecule has 0 bridgehead atoms. The van der Waals surface area contributed by atoms with E-state index in [1.54, 1.807) is 6.08 Å². The van der Waals surface area contributed by atoms with Gasteiger partial charge in [-0.1, -0.05) is 40.9 Å². The third kappa shape index (κ3) is 3.51. The Labute approximate surface area is 110 Å². The monoisotopic (exact) mass is 286 g/mol. The van der Waals surface area contributed by atoms with Crippen LogP contribution in [0.2, 0.25) is 15.2 Å². The third-order valence-electron chi connectivity index (χ3n) is 1.76. The molecule has 0 spiro atoms. The molecule has 2 N–H and O–H groups in total. The minimum absolute atomic E-state index is 0. The highest BCUT2D eigenvalue weighted by Gasteiger charge is 2.16. The Bertz CT molecular complexity index is 354. The van der Waals surface area contributed by atoms with Crippen LogP contribution in [0.3, 0.4) is 0 Å². The summed E-state index contributed by atoms with van der Waals surface area (Å²) in [7, 11) is 0. The van der Waals surface area contributed by atoms with Gasteiger partial charge in [-0.25, -0.2) is 4.98 Å². The zero-order chi connectivity index (χ0) is 10.7. The topological polar surface area (TPSA) is 38.9 Å². The molecule has 1 heterocycles. The maximum Gasteiger partial charge on any atom is 0.148 e. The number of halogens is 4. The first-order chi connectivity index (χ1) is 6.57. The van der Waals surface area contributed by atoms with Crippen molar-refractivity contribution >= 4 is 47.2 Å². The van der Waals surface area contributed by atoms with E-state index in [1.165, 1.54) is 6.20 Å². The summed E-state index contributed by atoms with van der Waals surface area (Å²) in [5, 5.41) is 0.952. The van der Waals surface area contributed by atoms with Gasteiger partial charge in [0.15, 0.2) is 0 Å². The second-order valence-corrected chi connectivity index (χ2v) is 3.90. The first kappa shape index (κ1) is 15.0. The molecule has 0 saturated heterocycles. The van der Waals surface area contributed by atoms with E-state index in [0.717, 1.165) is 0 Å². The zero-order valence-corrected chi connectivity index (χ0v) is 10.8. The van der Waals surface area contributed by atoms with Crippen molar-refractivity contribution in [2.75, 3.05) is 0 Å². The molecule has 1 aromatic heterocycles. The molecular formula is C9H10Cl4N2. The predicted octanol–water partition coefficient (Wildman–Crippen LogP) is 4.04. The number of aromatic nitrogens is 1. The molecule has 0 aliphatic rings. The standard InChI is InChI=1S/C9H9Cl3N2.ClH/c1-2-3-6(13)7-5(10)4-14-9(12)8(7)11;/h2,4,6H,1,3,13H2;1H/t6-;/m0./s1. The van der Waals surface area contributed by atoms with E-state index in [9.17, 15) is 0 Å². The molecule has 84 valence electrons. The summed E-state index contributed by atoms with van der Waals surface area (Å²) < 4.78 is 0. The van der Waals surface area contributed by atoms with Crippen LogP contribution < -0.4 is 5.73 Å². The molecule has 0 aliphatic carbocycles. The van der Waals surface area contributed by atoms with Gasteiger partial charge in [-0.15, -0.1) is 19.0 Å². The number of pyridine rings is 1. The highest BCUT2D eigenvalue weighted by atomic mass is 35.5. The van der Waals surface area contributed by atoms with E-state index in [0.29, 0.717) is 22.0 Å². The molecule has 0 fully saturated rings. The van der Waals surface area contributed by atoms with Crippen LogP contribution in [0.1, 0.15) is 18.0 Å². The van der Waals surface area contributed by atoms with Crippen molar-refractivity contribution in [1.82, 2.24) is 4.98 Å². The van der Waals surface area contributed by atoms with Gasteiger partial charge >= 0.3 is 0 Å². The van der Waals surface area contributed by atoms with Crippen LogP contribution in [-0.4, -0.2) is 4.98 Å². The second-order valence-electron chi connectivity index (χ2n) is 2.76. The first-order valence-corrected chi connectivity index (χ1v) is 5.07. The number of rotatable bonds is 3. The molecule has 6 heteroatoms. The average Bonchev–Trinajstić information content (AvgIpc) is 2.13. The van der Waals surface area contributed by atoms with Gasteiger partial charge in [-0.3, -0.25) is 0 Å². The first-order valence-electron chi connectivity index (χ1n) is 3.93. The summed E-state index contributed by atoms with van der Waals surface area (Å²) in [6.07, 6.45) is 3.72. The van der Waals surface area contributed by atoms with E-state index in [1.807, 2.05) is 0 Å². The van der Waals surface area contributed by atoms with Gasteiger partial charge in [0.25, 0.3) is 0 Å². The fourth-order valence-corrected chi connectivity index (χ4v) is 1.87. The lowest BCUT2D eigenvalue weighted by Gasteiger charge is -2.13. The Morgan fingerprint density at radius 3 is 2.60 bits per heavy atom. The van der Waals surface area contributed by atoms with Crippen molar-refractivity contribution in [3.8, 4) is 0 Å². The maximum absolute atomic E-state index is 5.94. The Kier molecular flexibility index (Phi) is 6.57. The van der Waals surface area contributed by atoms with Gasteiger partial charge in [0.05, 0.1) is 10.0 Å². The summed E-state index contributed by atoms with van der Waals surface area (Å²) in [6, 6.07) is -0.298. The Morgan fingerprint density at radius 1 is 1.47 bits per heavy atom. The van der Waals surface area contributed by atoms with E-state index < -0.39 is 0 Å². The fraction of sp³-hybridized carbons (Fsp3) is 0.222. The van der Waals surface area contributed by atoms with Crippen LogP contribution in [0.5, 0.6) is 0 Å². The Hall–Kier alpha value is 0.01000. The molecule has 0 radical (unpaired) electrons. The molecule has 1 aromatic rings. The lowest BCUT2D eigenvalue weighted by Crippen LogP contribution is -2.10. The summed E-state index contributed by atoms with van der Waals surface area (Å²) in [5.74, 6) is 0. The molecule has 1 atom stereocenters. The number of hydrogen-bond donors (Lipinski definition) is 1. The minimum atomic E-state index is -0.298. The molecule has 0 aromatic carbocycles. The molecule has 0 saturated carbocycles. The van der Waals surface area contributed by atoms with Gasteiger partial charge in [-0.05, 0) is 6.42 Å². The van der Waals surface area contributed by atoms with Gasteiger partial charge in [0.1, 0.15) is 5.15 Å². The molecule has 0 amide bonds. The van der Waals surface area contributed by atoms with Gasteiger partial charge in [-0.2, -0.15) is 0 Å². The summed E-state index contributed by atoms with van der Waals surface area (Å²) in [4.78, 5) is 3.80. The number of nitrogens with two attached hydrogens (primary N) is 1. The molecule has 0 aliphatic heterocycles. The van der Waals surface area contributed by atoms with Crippen molar-refractivity contribution in [3.63, 3.8) is 0 Å². The van der Waals surface area contributed by atoms with Crippen LogP contribution in [0.25, 0.3) is 0 Å². The normalized spacial score (nSPS) is 11.7. The summed E-state index contributed by atoms with van der Waals surface area (Å²) in [6.45, 7) is 3.59. The van der Waals surface area contributed by atoms with Crippen molar-refractivity contribution < 1.29 is 0 Å². The fourth-order valence-electron chi connectivity index (χ4n) is 1.09. The largest absolute Gasteiger partial charge is 0.324 e. The number of hydrogen-bond acceptors (Lipinski definition) is 2. The Morgan fingerprint density at radius 2 is 2.07 bits per heavy atom. The lowest BCUT2D eigenvalue weighted by atomic mass is 10.1. The maximum atomic E-state index is 5.94. The molecule has 2 nitrogen and oxygen atoms in total. The third-order valence-corrected chi connectivity index (χ3v) is 2.82. The van der Waals surface area contributed by atoms with Gasteiger partial charge < -0.3 is 5.73 Å². The van der Waals surface area contributed by atoms with Gasteiger partial charge in [0.2, 0.25) is 0 Å². The van der Waals surface area contributed by atoms with Crippen molar-refractivity contribution in [1.29, 1.82) is 0 Å².